The zero-order valence-corrected chi connectivity index (χ0v) is 16.7. The first-order valence-corrected chi connectivity index (χ1v) is 9.28. The number of carbonyl (C=O) groups is 2. The summed E-state index contributed by atoms with van der Waals surface area (Å²) >= 11 is 6.14. The smallest absolute Gasteiger partial charge is 0.282 e. The summed E-state index contributed by atoms with van der Waals surface area (Å²) < 4.78 is 11.0. The van der Waals surface area contributed by atoms with Gasteiger partial charge in [-0.15, -0.1) is 6.42 Å². The molecule has 0 unspecified atom stereocenters. The lowest BCUT2D eigenvalue weighted by molar-refractivity contribution is -0.117. The number of nitrogens with zero attached hydrogens (tertiary/aromatic N) is 1. The lowest BCUT2D eigenvalue weighted by atomic mass is 10.1. The van der Waals surface area contributed by atoms with Crippen molar-refractivity contribution in [3.05, 3.63) is 58.1 Å². The highest BCUT2D eigenvalue weighted by Gasteiger charge is 2.34. The highest BCUT2D eigenvalue weighted by molar-refractivity contribution is 6.33. The van der Waals surface area contributed by atoms with Crippen LogP contribution in [0.1, 0.15) is 18.1 Å². The zero-order chi connectivity index (χ0) is 21.0. The van der Waals surface area contributed by atoms with Crippen molar-refractivity contribution in [1.29, 1.82) is 0 Å². The number of benzene rings is 2. The Labute approximate surface area is 174 Å². The molecule has 0 bridgehead atoms. The molecule has 1 N–H and O–H groups in total. The van der Waals surface area contributed by atoms with Gasteiger partial charge in [0.2, 0.25) is 0 Å². The van der Waals surface area contributed by atoms with Crippen LogP contribution in [0.4, 0.5) is 5.69 Å². The molecule has 0 atom stereocenters. The molecule has 1 aliphatic rings. The zero-order valence-electron chi connectivity index (χ0n) is 16.0. The van der Waals surface area contributed by atoms with Crippen molar-refractivity contribution in [3.63, 3.8) is 0 Å². The number of terminal acetylenes is 1. The molecule has 1 saturated heterocycles. The van der Waals surface area contributed by atoms with E-state index in [1.165, 1.54) is 11.1 Å². The van der Waals surface area contributed by atoms with Crippen LogP contribution in [0.25, 0.3) is 6.08 Å². The fourth-order valence-corrected chi connectivity index (χ4v) is 2.92. The van der Waals surface area contributed by atoms with Gasteiger partial charge in [-0.05, 0) is 55.3 Å². The molecule has 0 aromatic heterocycles. The maximum atomic E-state index is 12.8. The van der Waals surface area contributed by atoms with E-state index < -0.39 is 11.8 Å². The fourth-order valence-electron chi connectivity index (χ4n) is 2.75. The summed E-state index contributed by atoms with van der Waals surface area (Å²) in [6.45, 7) is 4.23. The van der Waals surface area contributed by atoms with Gasteiger partial charge in [0.25, 0.3) is 11.8 Å². The molecule has 6 nitrogen and oxygen atoms in total. The molecule has 0 spiro atoms. The predicted octanol–water partition coefficient (Wildman–Crippen LogP) is 3.52. The van der Waals surface area contributed by atoms with E-state index in [0.717, 1.165) is 5.56 Å². The van der Waals surface area contributed by atoms with Crippen LogP contribution < -0.4 is 19.9 Å². The van der Waals surface area contributed by atoms with Crippen LogP contribution in [0.15, 0.2) is 42.0 Å². The Kier molecular flexibility index (Phi) is 6.10. The number of rotatable bonds is 6. The quantitative estimate of drug-likeness (QED) is 0.449. The van der Waals surface area contributed by atoms with Crippen molar-refractivity contribution in [3.8, 4) is 23.8 Å². The Morgan fingerprint density at radius 1 is 1.17 bits per heavy atom. The second-order valence-corrected chi connectivity index (χ2v) is 6.61. The largest absolute Gasteiger partial charge is 0.490 e. The lowest BCUT2D eigenvalue weighted by Gasteiger charge is -2.15. The number of anilines is 1. The number of halogens is 1. The second kappa shape index (κ2) is 8.72. The van der Waals surface area contributed by atoms with Gasteiger partial charge in [-0.3, -0.25) is 15.0 Å². The second-order valence-electron chi connectivity index (χ2n) is 6.20. The van der Waals surface area contributed by atoms with Crippen molar-refractivity contribution in [2.24, 2.45) is 0 Å². The summed E-state index contributed by atoms with van der Waals surface area (Å²) in [5.74, 6) is 2.39. The molecular weight excluding hydrogens is 392 g/mol. The van der Waals surface area contributed by atoms with Gasteiger partial charge in [-0.2, -0.15) is 0 Å². The number of hydrazine groups is 1. The van der Waals surface area contributed by atoms with Gasteiger partial charge in [-0.1, -0.05) is 29.7 Å². The van der Waals surface area contributed by atoms with Gasteiger partial charge in [0.05, 0.1) is 12.3 Å². The van der Waals surface area contributed by atoms with Gasteiger partial charge >= 0.3 is 0 Å². The van der Waals surface area contributed by atoms with Crippen LogP contribution in [0.3, 0.4) is 0 Å². The van der Waals surface area contributed by atoms with E-state index in [2.05, 4.69) is 11.3 Å². The molecule has 2 amide bonds. The molecule has 3 rings (SSSR count). The molecule has 148 valence electrons. The van der Waals surface area contributed by atoms with E-state index in [0.29, 0.717) is 34.4 Å². The average molecular weight is 411 g/mol. The molecule has 1 fully saturated rings. The van der Waals surface area contributed by atoms with E-state index in [-0.39, 0.29) is 12.2 Å². The molecule has 1 aliphatic heterocycles. The minimum Gasteiger partial charge on any atom is -0.490 e. The predicted molar refractivity (Wildman–Crippen MR) is 112 cm³/mol. The Balaban J connectivity index is 1.90. The van der Waals surface area contributed by atoms with Gasteiger partial charge < -0.3 is 9.47 Å². The van der Waals surface area contributed by atoms with Crippen molar-refractivity contribution < 1.29 is 19.1 Å². The summed E-state index contributed by atoms with van der Waals surface area (Å²) in [5.41, 5.74) is 4.53. The molecular formula is C22H19ClN2O4. The number of ether oxygens (including phenoxy) is 2. The van der Waals surface area contributed by atoms with Gasteiger partial charge in [0, 0.05) is 5.02 Å². The minimum absolute atomic E-state index is 0.00133. The first-order valence-electron chi connectivity index (χ1n) is 8.91. The third kappa shape index (κ3) is 4.36. The number of amides is 2. The van der Waals surface area contributed by atoms with E-state index in [9.17, 15) is 9.59 Å². The van der Waals surface area contributed by atoms with Crippen molar-refractivity contribution >= 4 is 35.2 Å². The highest BCUT2D eigenvalue weighted by Crippen LogP contribution is 2.31. The third-order valence-corrected chi connectivity index (χ3v) is 4.60. The Hall–Kier alpha value is -3.43. The van der Waals surface area contributed by atoms with Crippen molar-refractivity contribution in [1.82, 2.24) is 5.43 Å². The minimum atomic E-state index is -0.502. The Morgan fingerprint density at radius 3 is 2.66 bits per heavy atom. The van der Waals surface area contributed by atoms with Crippen LogP contribution in [0.5, 0.6) is 11.5 Å². The topological polar surface area (TPSA) is 67.9 Å². The fraction of sp³-hybridized carbons (Fsp3) is 0.182. The van der Waals surface area contributed by atoms with Gasteiger partial charge in [0.15, 0.2) is 11.5 Å². The summed E-state index contributed by atoms with van der Waals surface area (Å²) in [6, 6.07) is 10.2. The van der Waals surface area contributed by atoms with Crippen LogP contribution in [-0.2, 0) is 9.59 Å². The summed E-state index contributed by atoms with van der Waals surface area (Å²) in [4.78, 5) is 25.2. The molecule has 2 aromatic carbocycles. The summed E-state index contributed by atoms with van der Waals surface area (Å²) in [5, 5.41) is 1.68. The molecule has 7 heteroatoms. The first-order chi connectivity index (χ1) is 13.9. The molecule has 0 radical (unpaired) electrons. The third-order valence-electron chi connectivity index (χ3n) is 4.19. The van der Waals surface area contributed by atoms with Crippen LogP contribution in [-0.4, -0.2) is 25.0 Å². The molecule has 0 saturated carbocycles. The van der Waals surface area contributed by atoms with Crippen LogP contribution >= 0.6 is 11.6 Å². The normalized spacial score (nSPS) is 14.7. The summed E-state index contributed by atoms with van der Waals surface area (Å²) in [7, 11) is 0. The number of nitrogens with one attached hydrogen (secondary N) is 1. The number of aryl methyl sites for hydroxylation is 1. The first kappa shape index (κ1) is 20.3. The standard InChI is InChI=1S/C22H19ClN2O4/c1-4-10-29-19-9-7-15(12-20(19)28-5-2)11-17-21(26)24-25(22(17)27)16-8-6-14(3)18(23)13-16/h1,6-9,11-13H,5,10H2,2-3H3,(H,24,26)/b17-11+. The van der Waals surface area contributed by atoms with E-state index in [1.807, 2.05) is 13.8 Å². The maximum absolute atomic E-state index is 12.8. The number of hydrogen-bond acceptors (Lipinski definition) is 4. The van der Waals surface area contributed by atoms with Crippen molar-refractivity contribution in [2.75, 3.05) is 18.2 Å². The summed E-state index contributed by atoms with van der Waals surface area (Å²) in [6.07, 6.45) is 6.73. The number of hydrogen-bond donors (Lipinski definition) is 1. The van der Waals surface area contributed by atoms with Gasteiger partial charge in [0.1, 0.15) is 12.2 Å². The highest BCUT2D eigenvalue weighted by atomic mass is 35.5. The molecule has 29 heavy (non-hydrogen) atoms. The molecule has 0 aliphatic carbocycles. The van der Waals surface area contributed by atoms with Crippen LogP contribution in [0, 0.1) is 19.3 Å². The molecule has 1 heterocycles. The van der Waals surface area contributed by atoms with E-state index >= 15 is 0 Å². The van der Waals surface area contributed by atoms with Gasteiger partial charge in [-0.25, -0.2) is 5.01 Å². The van der Waals surface area contributed by atoms with Crippen LogP contribution in [0.2, 0.25) is 5.02 Å². The monoisotopic (exact) mass is 410 g/mol. The SMILES string of the molecule is C#CCOc1ccc(/C=C2\C(=O)NN(c3ccc(C)c(Cl)c3)C2=O)cc1OCC. The number of carbonyl (C=O) groups excluding carboxylic acids is 2. The maximum Gasteiger partial charge on any atom is 0.282 e. The lowest BCUT2D eigenvalue weighted by Crippen LogP contribution is -2.35. The molecule has 2 aromatic rings. The van der Waals surface area contributed by atoms with E-state index in [1.54, 1.807) is 36.4 Å². The van der Waals surface area contributed by atoms with E-state index in [4.69, 9.17) is 27.5 Å². The Bertz CT molecular complexity index is 1040. The average Bonchev–Trinajstić information content (AvgIpc) is 2.98. The Morgan fingerprint density at radius 2 is 1.97 bits per heavy atom. The van der Waals surface area contributed by atoms with Crippen molar-refractivity contribution in [2.45, 2.75) is 13.8 Å².